The van der Waals surface area contributed by atoms with Crippen LogP contribution in [0.15, 0.2) is 48.6 Å². The molecule has 0 aliphatic heterocycles. The SMILES string of the molecule is CCCCC/C=C\C/C=C\C/C=C\C/C=C\CCCC[N+](C)(CC)CC.[Cl-]. The number of unbranched alkanes of at least 4 members (excludes halogenated alkanes) is 5. The Morgan fingerprint density at radius 2 is 0.963 bits per heavy atom. The maximum Gasteiger partial charge on any atom is 0.0784 e. The van der Waals surface area contributed by atoms with Crippen molar-refractivity contribution in [3.8, 4) is 0 Å². The van der Waals surface area contributed by atoms with Crippen molar-refractivity contribution in [2.45, 2.75) is 85.0 Å². The van der Waals surface area contributed by atoms with Crippen LogP contribution in [0.1, 0.15) is 85.0 Å². The second-order valence-corrected chi connectivity index (χ2v) is 7.56. The van der Waals surface area contributed by atoms with E-state index in [4.69, 9.17) is 0 Å². The largest absolute Gasteiger partial charge is 1.00 e. The first-order chi connectivity index (χ1) is 12.7. The number of rotatable bonds is 17. The number of quaternary nitrogens is 1. The van der Waals surface area contributed by atoms with E-state index in [0.29, 0.717) is 0 Å². The van der Waals surface area contributed by atoms with Crippen LogP contribution in [0.5, 0.6) is 0 Å². The Morgan fingerprint density at radius 1 is 0.556 bits per heavy atom. The van der Waals surface area contributed by atoms with Crippen LogP contribution in [-0.4, -0.2) is 31.2 Å². The van der Waals surface area contributed by atoms with Gasteiger partial charge in [0.05, 0.1) is 26.7 Å². The van der Waals surface area contributed by atoms with E-state index in [1.165, 1.54) is 69.1 Å². The molecule has 0 aromatic rings. The van der Waals surface area contributed by atoms with Gasteiger partial charge in [0.25, 0.3) is 0 Å². The number of hydrogen-bond acceptors (Lipinski definition) is 0. The lowest BCUT2D eigenvalue weighted by molar-refractivity contribution is -0.906. The Bertz CT molecular complexity index is 403. The van der Waals surface area contributed by atoms with Gasteiger partial charge in [0.2, 0.25) is 0 Å². The average molecular weight is 396 g/mol. The molecule has 0 saturated heterocycles. The summed E-state index contributed by atoms with van der Waals surface area (Å²) < 4.78 is 1.22. The van der Waals surface area contributed by atoms with Crippen LogP contribution in [0.3, 0.4) is 0 Å². The third-order valence-electron chi connectivity index (χ3n) is 5.30. The van der Waals surface area contributed by atoms with Crippen LogP contribution in [0.25, 0.3) is 0 Å². The highest BCUT2D eigenvalue weighted by Crippen LogP contribution is 2.07. The minimum absolute atomic E-state index is 0. The van der Waals surface area contributed by atoms with Gasteiger partial charge >= 0.3 is 0 Å². The van der Waals surface area contributed by atoms with Crippen molar-refractivity contribution in [3.05, 3.63) is 48.6 Å². The molecule has 1 nitrogen and oxygen atoms in total. The van der Waals surface area contributed by atoms with Gasteiger partial charge in [0, 0.05) is 0 Å². The van der Waals surface area contributed by atoms with Crippen molar-refractivity contribution >= 4 is 0 Å². The second kappa shape index (κ2) is 21.5. The van der Waals surface area contributed by atoms with E-state index in [1.807, 2.05) is 0 Å². The third-order valence-corrected chi connectivity index (χ3v) is 5.30. The smallest absolute Gasteiger partial charge is 0.0784 e. The highest BCUT2D eigenvalue weighted by Gasteiger charge is 2.14. The van der Waals surface area contributed by atoms with E-state index in [1.54, 1.807) is 0 Å². The molecule has 0 atom stereocenters. The lowest BCUT2D eigenvalue weighted by Gasteiger charge is -2.32. The Kier molecular flexibility index (Phi) is 22.6. The molecular formula is C25H46ClN. The maximum atomic E-state index is 2.37. The first-order valence-corrected chi connectivity index (χ1v) is 11.1. The lowest BCUT2D eigenvalue weighted by Crippen LogP contribution is -3.00. The van der Waals surface area contributed by atoms with E-state index in [-0.39, 0.29) is 12.4 Å². The van der Waals surface area contributed by atoms with E-state index >= 15 is 0 Å². The molecule has 0 N–H and O–H groups in total. The molecule has 0 unspecified atom stereocenters. The Hall–Kier alpha value is -0.790. The molecule has 0 aromatic carbocycles. The van der Waals surface area contributed by atoms with Gasteiger partial charge in [0.15, 0.2) is 0 Å². The summed E-state index contributed by atoms with van der Waals surface area (Å²) in [5.74, 6) is 0. The number of allylic oxidation sites excluding steroid dienone is 8. The summed E-state index contributed by atoms with van der Waals surface area (Å²) in [5.41, 5.74) is 0. The van der Waals surface area contributed by atoms with Crippen LogP contribution in [-0.2, 0) is 0 Å². The zero-order valence-corrected chi connectivity index (χ0v) is 19.4. The van der Waals surface area contributed by atoms with E-state index < -0.39 is 0 Å². The molecular weight excluding hydrogens is 350 g/mol. The molecule has 27 heavy (non-hydrogen) atoms. The molecule has 0 radical (unpaired) electrons. The fraction of sp³-hybridized carbons (Fsp3) is 0.680. The molecule has 0 bridgehead atoms. The van der Waals surface area contributed by atoms with Crippen molar-refractivity contribution in [1.29, 1.82) is 0 Å². The zero-order valence-electron chi connectivity index (χ0n) is 18.6. The summed E-state index contributed by atoms with van der Waals surface area (Å²) in [4.78, 5) is 0. The first kappa shape index (κ1) is 28.4. The molecule has 0 aliphatic carbocycles. The highest BCUT2D eigenvalue weighted by molar-refractivity contribution is 4.99. The van der Waals surface area contributed by atoms with Gasteiger partial charge in [-0.25, -0.2) is 0 Å². The quantitative estimate of drug-likeness (QED) is 0.191. The Balaban J connectivity index is 0. The van der Waals surface area contributed by atoms with Crippen LogP contribution in [0.2, 0.25) is 0 Å². The Labute approximate surface area is 177 Å². The monoisotopic (exact) mass is 395 g/mol. The van der Waals surface area contributed by atoms with Crippen LogP contribution in [0, 0.1) is 0 Å². The predicted molar refractivity (Wildman–Crippen MR) is 121 cm³/mol. The minimum Gasteiger partial charge on any atom is -1.00 e. The van der Waals surface area contributed by atoms with E-state index in [0.717, 1.165) is 19.3 Å². The molecule has 2 heteroatoms. The predicted octanol–water partition coefficient (Wildman–Crippen LogP) is 4.62. The Morgan fingerprint density at radius 3 is 1.37 bits per heavy atom. The number of hydrogen-bond donors (Lipinski definition) is 0. The number of halogens is 1. The van der Waals surface area contributed by atoms with Crippen molar-refractivity contribution < 1.29 is 16.9 Å². The molecule has 0 amide bonds. The summed E-state index contributed by atoms with van der Waals surface area (Å²) in [5, 5.41) is 0. The summed E-state index contributed by atoms with van der Waals surface area (Å²) in [6.45, 7) is 10.7. The molecule has 0 aliphatic rings. The van der Waals surface area contributed by atoms with Gasteiger partial charge in [-0.1, -0.05) is 68.4 Å². The van der Waals surface area contributed by atoms with Crippen LogP contribution in [0.4, 0.5) is 0 Å². The first-order valence-electron chi connectivity index (χ1n) is 11.1. The van der Waals surface area contributed by atoms with Crippen LogP contribution >= 0.6 is 0 Å². The summed E-state index contributed by atoms with van der Waals surface area (Å²) >= 11 is 0. The lowest BCUT2D eigenvalue weighted by atomic mass is 10.2. The van der Waals surface area contributed by atoms with Gasteiger partial charge < -0.3 is 16.9 Å². The average Bonchev–Trinajstić information content (AvgIpc) is 2.66. The maximum absolute atomic E-state index is 2.37. The summed E-state index contributed by atoms with van der Waals surface area (Å²) in [7, 11) is 2.37. The second-order valence-electron chi connectivity index (χ2n) is 7.56. The van der Waals surface area contributed by atoms with Crippen LogP contribution < -0.4 is 12.4 Å². The highest BCUT2D eigenvalue weighted by atomic mass is 35.5. The van der Waals surface area contributed by atoms with Crippen molar-refractivity contribution in [1.82, 2.24) is 0 Å². The topological polar surface area (TPSA) is 0 Å². The molecule has 0 heterocycles. The zero-order chi connectivity index (χ0) is 19.3. The molecule has 158 valence electrons. The minimum atomic E-state index is 0. The molecule has 0 spiro atoms. The summed E-state index contributed by atoms with van der Waals surface area (Å²) in [6, 6.07) is 0. The summed E-state index contributed by atoms with van der Waals surface area (Å²) in [6.07, 6.45) is 30.7. The third kappa shape index (κ3) is 19.8. The molecule has 0 saturated carbocycles. The fourth-order valence-corrected chi connectivity index (χ4v) is 2.86. The molecule has 0 rings (SSSR count). The van der Waals surface area contributed by atoms with Gasteiger partial charge in [-0.05, 0) is 65.2 Å². The van der Waals surface area contributed by atoms with Crippen molar-refractivity contribution in [3.63, 3.8) is 0 Å². The van der Waals surface area contributed by atoms with Gasteiger partial charge in [0.1, 0.15) is 0 Å². The normalized spacial score (nSPS) is 12.7. The fourth-order valence-electron chi connectivity index (χ4n) is 2.86. The molecule has 0 fully saturated rings. The standard InChI is InChI=1S/C25H46N.ClH/c1-5-8-9-10-11-12-13-14-15-16-17-18-19-20-21-22-23-24-25-26(4,6-2)7-3;/h11-12,14-15,17-18,20-21H,5-10,13,16,19,22-25H2,1-4H3;1H/q+1;/p-1/b12-11-,15-14-,18-17-,21-20-;. The van der Waals surface area contributed by atoms with Gasteiger partial charge in [-0.3, -0.25) is 0 Å². The van der Waals surface area contributed by atoms with Gasteiger partial charge in [-0.2, -0.15) is 0 Å². The van der Waals surface area contributed by atoms with Gasteiger partial charge in [-0.15, -0.1) is 0 Å². The number of nitrogens with zero attached hydrogens (tertiary/aromatic N) is 1. The van der Waals surface area contributed by atoms with Crippen molar-refractivity contribution in [2.24, 2.45) is 0 Å². The molecule has 0 aromatic heterocycles. The van der Waals surface area contributed by atoms with E-state index in [2.05, 4.69) is 76.4 Å². The van der Waals surface area contributed by atoms with Crippen molar-refractivity contribution in [2.75, 3.05) is 26.7 Å². The van der Waals surface area contributed by atoms with E-state index in [9.17, 15) is 0 Å².